The maximum absolute atomic E-state index is 12.6. The van der Waals surface area contributed by atoms with Gasteiger partial charge in [0, 0.05) is 6.54 Å². The van der Waals surface area contributed by atoms with Gasteiger partial charge < -0.3 is 4.57 Å². The molecule has 0 aliphatic rings. The maximum Gasteiger partial charge on any atom is 0.308 e. The molecule has 4 nitrogen and oxygen atoms in total. The molecule has 4 rings (SSSR count). The molecule has 0 atom stereocenters. The van der Waals surface area contributed by atoms with Crippen molar-refractivity contribution in [3.8, 4) is 0 Å². The lowest BCUT2D eigenvalue weighted by Gasteiger charge is -2.01. The number of amides is 1. The molecule has 0 aliphatic heterocycles. The minimum Gasteiger partial charge on any atom is -0.316 e. The molecule has 2 aromatic heterocycles. The lowest BCUT2D eigenvalue weighted by atomic mass is 10.3. The Morgan fingerprint density at radius 2 is 1.83 bits per heavy atom. The molecular weight excluding hydrogens is 338 g/mol. The van der Waals surface area contributed by atoms with E-state index in [2.05, 4.69) is 33.6 Å². The minimum absolute atomic E-state index is 0.271. The maximum atomic E-state index is 12.6. The van der Waals surface area contributed by atoms with E-state index in [0.29, 0.717) is 5.01 Å². The number of benzene rings is 2. The third kappa shape index (κ3) is 2.68. The molecule has 0 fully saturated rings. The number of carbonyl (C=O) groups is 1. The second kappa shape index (κ2) is 6.30. The van der Waals surface area contributed by atoms with E-state index in [1.54, 1.807) is 11.3 Å². The summed E-state index contributed by atoms with van der Waals surface area (Å²) in [7, 11) is 0. The van der Waals surface area contributed by atoms with Crippen LogP contribution >= 0.6 is 22.7 Å². The van der Waals surface area contributed by atoms with Crippen LogP contribution in [0.3, 0.4) is 0 Å². The lowest BCUT2D eigenvalue weighted by molar-refractivity contribution is 0.0997. The van der Waals surface area contributed by atoms with E-state index in [-0.39, 0.29) is 5.91 Å². The van der Waals surface area contributed by atoms with Crippen molar-refractivity contribution in [1.29, 1.82) is 0 Å². The highest BCUT2D eigenvalue weighted by atomic mass is 32.1. The van der Waals surface area contributed by atoms with Crippen molar-refractivity contribution in [2.45, 2.75) is 19.9 Å². The van der Waals surface area contributed by atoms with Crippen molar-refractivity contribution >= 4 is 49.0 Å². The standard InChI is InChI=1S/C18H15N3OS2/c1-2-11-21-13-8-4-6-10-15(13)24-18(21)20-16(22)17-19-12-7-3-5-9-14(12)23-17/h3-10H,2,11H2,1H3. The Bertz CT molecular complexity index is 1070. The summed E-state index contributed by atoms with van der Waals surface area (Å²) in [5.41, 5.74) is 1.97. The predicted octanol–water partition coefficient (Wildman–Crippen LogP) is 4.46. The van der Waals surface area contributed by atoms with Gasteiger partial charge in [0.15, 0.2) is 9.81 Å². The Kier molecular flexibility index (Phi) is 4.00. The number of hydrogen-bond donors (Lipinski definition) is 0. The summed E-state index contributed by atoms with van der Waals surface area (Å²) in [6, 6.07) is 15.9. The number of rotatable bonds is 3. The molecule has 2 aromatic carbocycles. The number of thiazole rings is 2. The van der Waals surface area contributed by atoms with Gasteiger partial charge in [-0.3, -0.25) is 4.79 Å². The Hall–Kier alpha value is -2.31. The zero-order valence-corrected chi connectivity index (χ0v) is 14.7. The van der Waals surface area contributed by atoms with E-state index >= 15 is 0 Å². The van der Waals surface area contributed by atoms with Gasteiger partial charge in [-0.05, 0) is 30.7 Å². The zero-order valence-electron chi connectivity index (χ0n) is 13.1. The Balaban J connectivity index is 1.83. The third-order valence-corrected chi connectivity index (χ3v) is 5.79. The Labute approximate surface area is 146 Å². The molecule has 2 heterocycles. The highest BCUT2D eigenvalue weighted by molar-refractivity contribution is 7.20. The predicted molar refractivity (Wildman–Crippen MR) is 99.6 cm³/mol. The van der Waals surface area contributed by atoms with Crippen LogP contribution < -0.4 is 4.80 Å². The van der Waals surface area contributed by atoms with Crippen molar-refractivity contribution in [1.82, 2.24) is 9.55 Å². The quantitative estimate of drug-likeness (QED) is 0.546. The van der Waals surface area contributed by atoms with Gasteiger partial charge in [0.05, 0.1) is 20.4 Å². The van der Waals surface area contributed by atoms with Crippen LogP contribution in [-0.2, 0) is 6.54 Å². The Morgan fingerprint density at radius 1 is 1.08 bits per heavy atom. The molecule has 0 saturated heterocycles. The van der Waals surface area contributed by atoms with Crippen LogP contribution in [0.5, 0.6) is 0 Å². The summed E-state index contributed by atoms with van der Waals surface area (Å²) in [5, 5.41) is 0.441. The van der Waals surface area contributed by atoms with Crippen molar-refractivity contribution in [2.75, 3.05) is 0 Å². The molecule has 0 bridgehead atoms. The monoisotopic (exact) mass is 353 g/mol. The van der Waals surface area contributed by atoms with Crippen LogP contribution in [0.4, 0.5) is 0 Å². The molecule has 6 heteroatoms. The topological polar surface area (TPSA) is 47.2 Å². The number of carbonyl (C=O) groups excluding carboxylic acids is 1. The first-order chi connectivity index (χ1) is 11.8. The first-order valence-corrected chi connectivity index (χ1v) is 9.42. The van der Waals surface area contributed by atoms with Crippen molar-refractivity contribution in [2.24, 2.45) is 4.99 Å². The van der Waals surface area contributed by atoms with Gasteiger partial charge in [-0.25, -0.2) is 4.98 Å². The molecule has 120 valence electrons. The summed E-state index contributed by atoms with van der Waals surface area (Å²) >= 11 is 2.94. The van der Waals surface area contributed by atoms with Crippen LogP contribution in [-0.4, -0.2) is 15.5 Å². The number of aryl methyl sites for hydroxylation is 1. The number of hydrogen-bond acceptors (Lipinski definition) is 4. The van der Waals surface area contributed by atoms with Crippen LogP contribution in [0.15, 0.2) is 53.5 Å². The highest BCUT2D eigenvalue weighted by Gasteiger charge is 2.13. The molecule has 24 heavy (non-hydrogen) atoms. The summed E-state index contributed by atoms with van der Waals surface area (Å²) in [6.07, 6.45) is 0.989. The SMILES string of the molecule is CCCn1c(=NC(=O)c2nc3ccccc3s2)sc2ccccc21. The van der Waals surface area contributed by atoms with Gasteiger partial charge in [0.1, 0.15) is 0 Å². The van der Waals surface area contributed by atoms with Gasteiger partial charge in [0.2, 0.25) is 0 Å². The van der Waals surface area contributed by atoms with E-state index < -0.39 is 0 Å². The molecular formula is C18H15N3OS2. The third-order valence-electron chi connectivity index (χ3n) is 3.71. The Morgan fingerprint density at radius 3 is 2.62 bits per heavy atom. The van der Waals surface area contributed by atoms with Crippen LogP contribution in [0, 0.1) is 0 Å². The second-order valence-electron chi connectivity index (χ2n) is 5.41. The van der Waals surface area contributed by atoms with Crippen LogP contribution in [0.1, 0.15) is 23.1 Å². The van der Waals surface area contributed by atoms with E-state index in [1.807, 2.05) is 36.4 Å². The second-order valence-corrected chi connectivity index (χ2v) is 7.45. The van der Waals surface area contributed by atoms with Crippen molar-refractivity contribution in [3.63, 3.8) is 0 Å². The number of para-hydroxylation sites is 2. The molecule has 0 radical (unpaired) electrons. The molecule has 1 amide bonds. The minimum atomic E-state index is -0.271. The summed E-state index contributed by atoms with van der Waals surface area (Å²) < 4.78 is 4.27. The molecule has 0 N–H and O–H groups in total. The lowest BCUT2D eigenvalue weighted by Crippen LogP contribution is -2.16. The van der Waals surface area contributed by atoms with E-state index in [4.69, 9.17) is 0 Å². The van der Waals surface area contributed by atoms with Crippen LogP contribution in [0.25, 0.3) is 20.4 Å². The zero-order chi connectivity index (χ0) is 16.5. The molecule has 0 unspecified atom stereocenters. The summed E-state index contributed by atoms with van der Waals surface area (Å²) in [6.45, 7) is 2.97. The highest BCUT2D eigenvalue weighted by Crippen LogP contribution is 2.22. The van der Waals surface area contributed by atoms with E-state index in [1.165, 1.54) is 11.3 Å². The normalized spacial score (nSPS) is 12.3. The van der Waals surface area contributed by atoms with Gasteiger partial charge >= 0.3 is 5.91 Å². The smallest absolute Gasteiger partial charge is 0.308 e. The van der Waals surface area contributed by atoms with Crippen molar-refractivity contribution in [3.05, 3.63) is 58.3 Å². The molecule has 0 spiro atoms. The van der Waals surface area contributed by atoms with Gasteiger partial charge in [-0.15, -0.1) is 11.3 Å². The molecule has 0 aliphatic carbocycles. The van der Waals surface area contributed by atoms with Gasteiger partial charge in [-0.1, -0.05) is 42.5 Å². The first kappa shape index (κ1) is 15.2. The number of nitrogens with zero attached hydrogens (tertiary/aromatic N) is 3. The summed E-state index contributed by atoms with van der Waals surface area (Å²) in [5.74, 6) is -0.271. The van der Waals surface area contributed by atoms with Gasteiger partial charge in [-0.2, -0.15) is 4.99 Å². The average Bonchev–Trinajstić information content (AvgIpc) is 3.17. The first-order valence-electron chi connectivity index (χ1n) is 7.79. The fourth-order valence-electron chi connectivity index (χ4n) is 2.64. The van der Waals surface area contributed by atoms with Crippen LogP contribution in [0.2, 0.25) is 0 Å². The number of aromatic nitrogens is 2. The van der Waals surface area contributed by atoms with E-state index in [9.17, 15) is 4.79 Å². The fraction of sp³-hybridized carbons (Fsp3) is 0.167. The number of fused-ring (bicyclic) bond motifs is 2. The summed E-state index contributed by atoms with van der Waals surface area (Å²) in [4.78, 5) is 22.1. The molecule has 0 saturated carbocycles. The van der Waals surface area contributed by atoms with E-state index in [0.717, 1.165) is 38.2 Å². The molecule has 4 aromatic rings. The largest absolute Gasteiger partial charge is 0.316 e. The van der Waals surface area contributed by atoms with Gasteiger partial charge in [0.25, 0.3) is 0 Å². The van der Waals surface area contributed by atoms with Crippen molar-refractivity contribution < 1.29 is 4.79 Å². The average molecular weight is 353 g/mol. The fourth-order valence-corrected chi connectivity index (χ4v) is 4.55.